The highest BCUT2D eigenvalue weighted by molar-refractivity contribution is 5.82. The number of nitrogens with one attached hydrogen (secondary N) is 1. The van der Waals surface area contributed by atoms with Crippen molar-refractivity contribution in [2.75, 3.05) is 6.61 Å². The molecule has 3 rings (SSSR count). The highest BCUT2D eigenvalue weighted by Crippen LogP contribution is 2.23. The molecule has 5 heteroatoms. The molecule has 1 unspecified atom stereocenters. The van der Waals surface area contributed by atoms with Crippen molar-refractivity contribution in [2.24, 2.45) is 5.41 Å². The number of benzene rings is 2. The smallest absolute Gasteiger partial charge is 0.225 e. The first-order valence-corrected chi connectivity index (χ1v) is 11.3. The maximum atomic E-state index is 12.5. The van der Waals surface area contributed by atoms with Crippen LogP contribution < -0.4 is 10.1 Å². The van der Waals surface area contributed by atoms with Crippen LogP contribution in [0.25, 0.3) is 11.0 Å². The molecule has 0 spiro atoms. The molecule has 1 N–H and O–H groups in total. The number of imidazole rings is 1. The molecule has 0 aliphatic carbocycles. The van der Waals surface area contributed by atoms with Crippen LogP contribution in [0.5, 0.6) is 5.75 Å². The van der Waals surface area contributed by atoms with Gasteiger partial charge in [-0.05, 0) is 56.0 Å². The maximum Gasteiger partial charge on any atom is 0.225 e. The molecular weight excluding hydrogens is 386 g/mol. The molecule has 0 aliphatic rings. The van der Waals surface area contributed by atoms with Gasteiger partial charge >= 0.3 is 0 Å². The van der Waals surface area contributed by atoms with E-state index in [1.807, 2.05) is 58.0 Å². The van der Waals surface area contributed by atoms with Gasteiger partial charge in [-0.25, -0.2) is 4.98 Å². The second kappa shape index (κ2) is 9.99. The molecule has 0 bridgehead atoms. The third-order valence-electron chi connectivity index (χ3n) is 5.48. The number of fused-ring (bicyclic) bond motifs is 1. The molecule has 1 amide bonds. The van der Waals surface area contributed by atoms with Crippen LogP contribution in [0.2, 0.25) is 0 Å². The molecule has 166 valence electrons. The van der Waals surface area contributed by atoms with Gasteiger partial charge in [-0.15, -0.1) is 0 Å². The van der Waals surface area contributed by atoms with Gasteiger partial charge in [0.2, 0.25) is 5.91 Å². The van der Waals surface area contributed by atoms with Crippen molar-refractivity contribution >= 4 is 16.9 Å². The number of carbonyl (C=O) groups excluding carboxylic acids is 1. The Hall–Kier alpha value is -2.82. The van der Waals surface area contributed by atoms with Gasteiger partial charge in [-0.1, -0.05) is 52.0 Å². The summed E-state index contributed by atoms with van der Waals surface area (Å²) in [6.45, 7) is 11.5. The summed E-state index contributed by atoms with van der Waals surface area (Å²) < 4.78 is 8.13. The van der Waals surface area contributed by atoms with Crippen LogP contribution in [0.3, 0.4) is 0 Å². The van der Waals surface area contributed by atoms with E-state index in [0.717, 1.165) is 48.4 Å². The summed E-state index contributed by atoms with van der Waals surface area (Å²) in [6.07, 6.45) is 2.96. The van der Waals surface area contributed by atoms with Crippen LogP contribution in [-0.2, 0) is 17.8 Å². The second-order valence-electron chi connectivity index (χ2n) is 9.11. The summed E-state index contributed by atoms with van der Waals surface area (Å²) in [6, 6.07) is 16.3. The molecular formula is C26H35N3O2. The SMILES string of the molecule is CCc1ccc(OCCCCn2c(C(C)NC(=O)C(C)(C)C)nc3ccccc32)cc1. The Balaban J connectivity index is 1.63. The van der Waals surface area contributed by atoms with E-state index in [-0.39, 0.29) is 11.9 Å². The first kappa shape index (κ1) is 22.9. The summed E-state index contributed by atoms with van der Waals surface area (Å²) in [5.74, 6) is 1.85. The number of carbonyl (C=O) groups is 1. The van der Waals surface area contributed by atoms with E-state index in [2.05, 4.69) is 35.0 Å². The number of aromatic nitrogens is 2. The summed E-state index contributed by atoms with van der Waals surface area (Å²) in [7, 11) is 0. The standard InChI is InChI=1S/C26H35N3O2/c1-6-20-13-15-21(16-14-20)31-18-10-9-17-29-23-12-8-7-11-22(23)28-24(29)19(2)27-25(30)26(3,4)5/h7-8,11-16,19H,6,9-10,17-18H2,1-5H3,(H,27,30). The third kappa shape index (κ3) is 5.87. The molecule has 0 saturated heterocycles. The van der Waals surface area contributed by atoms with E-state index in [0.29, 0.717) is 6.61 Å². The van der Waals surface area contributed by atoms with Gasteiger partial charge in [0.15, 0.2) is 0 Å². The minimum atomic E-state index is -0.433. The summed E-state index contributed by atoms with van der Waals surface area (Å²) in [4.78, 5) is 17.3. The molecule has 1 heterocycles. The third-order valence-corrected chi connectivity index (χ3v) is 5.48. The maximum absolute atomic E-state index is 12.5. The average molecular weight is 422 g/mol. The van der Waals surface area contributed by atoms with E-state index in [1.165, 1.54) is 5.56 Å². The van der Waals surface area contributed by atoms with E-state index in [4.69, 9.17) is 9.72 Å². The highest BCUT2D eigenvalue weighted by Gasteiger charge is 2.25. The van der Waals surface area contributed by atoms with Gasteiger partial charge in [0.05, 0.1) is 23.7 Å². The zero-order valence-corrected chi connectivity index (χ0v) is 19.4. The molecule has 31 heavy (non-hydrogen) atoms. The molecule has 0 aliphatic heterocycles. The van der Waals surface area contributed by atoms with Crippen molar-refractivity contribution in [3.8, 4) is 5.75 Å². The minimum absolute atomic E-state index is 0.0288. The van der Waals surface area contributed by atoms with Gasteiger partial charge in [-0.3, -0.25) is 4.79 Å². The van der Waals surface area contributed by atoms with E-state index in [9.17, 15) is 4.79 Å². The van der Waals surface area contributed by atoms with E-state index < -0.39 is 5.41 Å². The highest BCUT2D eigenvalue weighted by atomic mass is 16.5. The number of aryl methyl sites for hydroxylation is 2. The monoisotopic (exact) mass is 421 g/mol. The lowest BCUT2D eigenvalue weighted by Crippen LogP contribution is -2.37. The fraction of sp³-hybridized carbons (Fsp3) is 0.462. The molecule has 1 atom stereocenters. The van der Waals surface area contributed by atoms with Gasteiger partial charge in [0.1, 0.15) is 11.6 Å². The van der Waals surface area contributed by atoms with Crippen LogP contribution in [-0.4, -0.2) is 22.1 Å². The number of unbranched alkanes of at least 4 members (excludes halogenated alkanes) is 1. The quantitative estimate of drug-likeness (QED) is 0.452. The first-order chi connectivity index (χ1) is 14.8. The normalized spacial score (nSPS) is 12.7. The number of ether oxygens (including phenoxy) is 1. The largest absolute Gasteiger partial charge is 0.494 e. The van der Waals surface area contributed by atoms with Crippen molar-refractivity contribution in [3.05, 3.63) is 59.9 Å². The number of hydrogen-bond acceptors (Lipinski definition) is 3. The van der Waals surface area contributed by atoms with Crippen LogP contribution in [0.15, 0.2) is 48.5 Å². The predicted molar refractivity (Wildman–Crippen MR) is 126 cm³/mol. The zero-order chi connectivity index (χ0) is 22.4. The summed E-state index contributed by atoms with van der Waals surface area (Å²) in [5, 5.41) is 3.12. The van der Waals surface area contributed by atoms with Crippen LogP contribution in [0, 0.1) is 5.41 Å². The molecule has 0 fully saturated rings. The Bertz CT molecular complexity index is 1000. The molecule has 2 aromatic carbocycles. The fourth-order valence-corrected chi connectivity index (χ4v) is 3.52. The first-order valence-electron chi connectivity index (χ1n) is 11.3. The second-order valence-corrected chi connectivity index (χ2v) is 9.11. The van der Waals surface area contributed by atoms with Crippen LogP contribution in [0.1, 0.15) is 64.9 Å². The van der Waals surface area contributed by atoms with Crippen LogP contribution >= 0.6 is 0 Å². The van der Waals surface area contributed by atoms with Crippen molar-refractivity contribution in [1.82, 2.24) is 14.9 Å². The lowest BCUT2D eigenvalue weighted by Gasteiger charge is -2.22. The Morgan fingerprint density at radius 2 is 1.81 bits per heavy atom. The van der Waals surface area contributed by atoms with Gasteiger partial charge < -0.3 is 14.6 Å². The Morgan fingerprint density at radius 3 is 2.48 bits per heavy atom. The molecule has 1 aromatic heterocycles. The number of nitrogens with zero attached hydrogens (tertiary/aromatic N) is 2. The van der Waals surface area contributed by atoms with Gasteiger partial charge in [-0.2, -0.15) is 0 Å². The molecule has 3 aromatic rings. The molecule has 0 radical (unpaired) electrons. The number of rotatable bonds is 9. The van der Waals surface area contributed by atoms with Gasteiger partial charge in [0.25, 0.3) is 0 Å². The Morgan fingerprint density at radius 1 is 1.10 bits per heavy atom. The fourth-order valence-electron chi connectivity index (χ4n) is 3.52. The number of hydrogen-bond donors (Lipinski definition) is 1. The Kier molecular flexibility index (Phi) is 7.37. The van der Waals surface area contributed by atoms with Crippen LogP contribution in [0.4, 0.5) is 0 Å². The van der Waals surface area contributed by atoms with Crippen molar-refractivity contribution < 1.29 is 9.53 Å². The van der Waals surface area contributed by atoms with Crippen molar-refractivity contribution in [2.45, 2.75) is 66.5 Å². The summed E-state index contributed by atoms with van der Waals surface area (Å²) >= 11 is 0. The average Bonchev–Trinajstić information content (AvgIpc) is 3.12. The van der Waals surface area contributed by atoms with Crippen molar-refractivity contribution in [3.63, 3.8) is 0 Å². The lowest BCUT2D eigenvalue weighted by atomic mass is 9.95. The lowest BCUT2D eigenvalue weighted by molar-refractivity contribution is -0.129. The summed E-state index contributed by atoms with van der Waals surface area (Å²) in [5.41, 5.74) is 2.95. The van der Waals surface area contributed by atoms with Gasteiger partial charge in [0, 0.05) is 12.0 Å². The Labute approximate surface area is 185 Å². The van der Waals surface area contributed by atoms with E-state index >= 15 is 0 Å². The number of para-hydroxylation sites is 2. The minimum Gasteiger partial charge on any atom is -0.494 e. The molecule has 0 saturated carbocycles. The predicted octanol–water partition coefficient (Wildman–Crippen LogP) is 5.68. The molecule has 5 nitrogen and oxygen atoms in total. The number of amides is 1. The van der Waals surface area contributed by atoms with Crippen molar-refractivity contribution in [1.29, 1.82) is 0 Å². The zero-order valence-electron chi connectivity index (χ0n) is 19.4. The van der Waals surface area contributed by atoms with E-state index in [1.54, 1.807) is 0 Å². The topological polar surface area (TPSA) is 56.1 Å².